The average Bonchev–Trinajstić information content (AvgIpc) is 2.81. The topological polar surface area (TPSA) is 65.5 Å². The van der Waals surface area contributed by atoms with Gasteiger partial charge in [0.25, 0.3) is 0 Å². The molecule has 1 aromatic heterocycles. The summed E-state index contributed by atoms with van der Waals surface area (Å²) in [4.78, 5) is 27.8. The number of carbonyl (C=O) groups is 2. The van der Waals surface area contributed by atoms with Crippen LogP contribution in [-0.2, 0) is 9.47 Å². The molecule has 0 N–H and O–H groups in total. The second-order valence-electron chi connectivity index (χ2n) is 8.57. The Bertz CT molecular complexity index is 617. The van der Waals surface area contributed by atoms with Crippen LogP contribution in [0.3, 0.4) is 0 Å². The van der Waals surface area contributed by atoms with Gasteiger partial charge in [-0.25, -0.2) is 14.6 Å². The third kappa shape index (κ3) is 14.2. The monoisotopic (exact) mass is 447 g/mol. The van der Waals surface area contributed by atoms with E-state index in [1.807, 2.05) is 0 Å². The molecule has 5 heteroatoms. The van der Waals surface area contributed by atoms with Crippen molar-refractivity contribution in [1.82, 2.24) is 4.98 Å². The summed E-state index contributed by atoms with van der Waals surface area (Å²) < 4.78 is 10.2. The third-order valence-electron chi connectivity index (χ3n) is 5.67. The molecule has 182 valence electrons. The molecule has 1 rings (SSSR count). The Labute approximate surface area is 195 Å². The standard InChI is InChI=1S/C27H45NO4/c1-3-5-6-7-8-9-10-11-12-13-14-15-16-17-18-19-23-32-27(30)25-22-20-21-24(28-25)26(29)31-4-2/h20-22H,3-19,23H2,1-2H3. The molecule has 0 fully saturated rings. The fraction of sp³-hybridized carbons (Fsp3) is 0.741. The van der Waals surface area contributed by atoms with E-state index in [1.54, 1.807) is 19.1 Å². The zero-order valence-electron chi connectivity index (χ0n) is 20.5. The van der Waals surface area contributed by atoms with Crippen molar-refractivity contribution in [3.8, 4) is 0 Å². The van der Waals surface area contributed by atoms with Crippen molar-refractivity contribution in [2.24, 2.45) is 0 Å². The van der Waals surface area contributed by atoms with E-state index in [0.29, 0.717) is 6.61 Å². The van der Waals surface area contributed by atoms with E-state index in [1.165, 1.54) is 96.0 Å². The molecule has 1 heterocycles. The van der Waals surface area contributed by atoms with Crippen molar-refractivity contribution in [1.29, 1.82) is 0 Å². The van der Waals surface area contributed by atoms with Gasteiger partial charge in [-0.1, -0.05) is 109 Å². The van der Waals surface area contributed by atoms with Crippen molar-refractivity contribution in [3.63, 3.8) is 0 Å². The molecule has 0 radical (unpaired) electrons. The number of ether oxygens (including phenoxy) is 2. The van der Waals surface area contributed by atoms with Crippen LogP contribution in [-0.4, -0.2) is 30.1 Å². The Kier molecular flexibility index (Phi) is 17.4. The first kappa shape index (κ1) is 28.1. The highest BCUT2D eigenvalue weighted by molar-refractivity contribution is 5.91. The van der Waals surface area contributed by atoms with Crippen LogP contribution < -0.4 is 0 Å². The molecule has 0 aliphatic heterocycles. The molecule has 0 aliphatic rings. The van der Waals surface area contributed by atoms with Crippen LogP contribution in [0.25, 0.3) is 0 Å². The number of unbranched alkanes of at least 4 members (excludes halogenated alkanes) is 15. The zero-order chi connectivity index (χ0) is 23.3. The quantitative estimate of drug-likeness (QED) is 0.151. The number of pyridine rings is 1. The van der Waals surface area contributed by atoms with Crippen molar-refractivity contribution in [2.75, 3.05) is 13.2 Å². The molecule has 0 aromatic carbocycles. The minimum Gasteiger partial charge on any atom is -0.461 e. The van der Waals surface area contributed by atoms with E-state index in [2.05, 4.69) is 11.9 Å². The van der Waals surface area contributed by atoms with Crippen LogP contribution in [0.5, 0.6) is 0 Å². The highest BCUT2D eigenvalue weighted by Crippen LogP contribution is 2.14. The normalized spacial score (nSPS) is 10.8. The lowest BCUT2D eigenvalue weighted by Crippen LogP contribution is -2.13. The summed E-state index contributed by atoms with van der Waals surface area (Å²) in [5, 5.41) is 0. The van der Waals surface area contributed by atoms with Gasteiger partial charge in [-0.15, -0.1) is 0 Å². The Morgan fingerprint density at radius 2 is 1.03 bits per heavy atom. The maximum absolute atomic E-state index is 12.1. The van der Waals surface area contributed by atoms with E-state index in [-0.39, 0.29) is 18.0 Å². The Balaban J connectivity index is 1.93. The molecule has 0 spiro atoms. The van der Waals surface area contributed by atoms with Crippen LogP contribution in [0.1, 0.15) is 138 Å². The number of nitrogens with zero attached hydrogens (tertiary/aromatic N) is 1. The van der Waals surface area contributed by atoms with E-state index in [4.69, 9.17) is 9.47 Å². The smallest absolute Gasteiger partial charge is 0.356 e. The van der Waals surface area contributed by atoms with Crippen LogP contribution in [0.2, 0.25) is 0 Å². The molecule has 0 bridgehead atoms. The van der Waals surface area contributed by atoms with Gasteiger partial charge in [0.1, 0.15) is 11.4 Å². The molecule has 0 amide bonds. The van der Waals surface area contributed by atoms with Gasteiger partial charge in [0.2, 0.25) is 0 Å². The molecule has 0 unspecified atom stereocenters. The van der Waals surface area contributed by atoms with E-state index in [0.717, 1.165) is 12.8 Å². The summed E-state index contributed by atoms with van der Waals surface area (Å²) in [6, 6.07) is 4.70. The van der Waals surface area contributed by atoms with Crippen LogP contribution in [0.4, 0.5) is 0 Å². The van der Waals surface area contributed by atoms with Crippen LogP contribution in [0.15, 0.2) is 18.2 Å². The number of carbonyl (C=O) groups excluding carboxylic acids is 2. The van der Waals surface area contributed by atoms with Gasteiger partial charge in [0, 0.05) is 0 Å². The summed E-state index contributed by atoms with van der Waals surface area (Å²) >= 11 is 0. The average molecular weight is 448 g/mol. The molecule has 32 heavy (non-hydrogen) atoms. The van der Waals surface area contributed by atoms with Gasteiger partial charge in [0.15, 0.2) is 0 Å². The fourth-order valence-corrected chi connectivity index (χ4v) is 3.76. The minimum atomic E-state index is -0.528. The zero-order valence-corrected chi connectivity index (χ0v) is 20.5. The van der Waals surface area contributed by atoms with Gasteiger partial charge in [-0.3, -0.25) is 0 Å². The summed E-state index contributed by atoms with van der Waals surface area (Å²) in [6.07, 6.45) is 21.0. The van der Waals surface area contributed by atoms with Gasteiger partial charge in [-0.2, -0.15) is 0 Å². The number of aromatic nitrogens is 1. The molecule has 0 saturated carbocycles. The lowest BCUT2D eigenvalue weighted by molar-refractivity contribution is 0.0488. The van der Waals surface area contributed by atoms with Crippen LogP contribution in [0, 0.1) is 0 Å². The lowest BCUT2D eigenvalue weighted by atomic mass is 10.0. The third-order valence-corrected chi connectivity index (χ3v) is 5.67. The second kappa shape index (κ2) is 19.8. The largest absolute Gasteiger partial charge is 0.461 e. The maximum Gasteiger partial charge on any atom is 0.356 e. The van der Waals surface area contributed by atoms with Gasteiger partial charge >= 0.3 is 11.9 Å². The summed E-state index contributed by atoms with van der Waals surface area (Å²) in [7, 11) is 0. The van der Waals surface area contributed by atoms with Crippen molar-refractivity contribution in [3.05, 3.63) is 29.6 Å². The van der Waals surface area contributed by atoms with E-state index < -0.39 is 11.9 Å². The molecule has 0 atom stereocenters. The second-order valence-corrected chi connectivity index (χ2v) is 8.57. The first-order valence-electron chi connectivity index (χ1n) is 13.0. The molecular formula is C27H45NO4. The first-order chi connectivity index (χ1) is 15.7. The van der Waals surface area contributed by atoms with E-state index >= 15 is 0 Å². The number of esters is 2. The molecular weight excluding hydrogens is 402 g/mol. The Morgan fingerprint density at radius 3 is 1.47 bits per heavy atom. The van der Waals surface area contributed by atoms with Gasteiger partial charge in [0.05, 0.1) is 13.2 Å². The van der Waals surface area contributed by atoms with Crippen molar-refractivity contribution < 1.29 is 19.1 Å². The van der Waals surface area contributed by atoms with Gasteiger partial charge < -0.3 is 9.47 Å². The van der Waals surface area contributed by atoms with Gasteiger partial charge in [-0.05, 0) is 25.5 Å². The number of rotatable bonds is 20. The van der Waals surface area contributed by atoms with E-state index in [9.17, 15) is 9.59 Å². The minimum absolute atomic E-state index is 0.128. The van der Waals surface area contributed by atoms with Crippen molar-refractivity contribution in [2.45, 2.75) is 117 Å². The maximum atomic E-state index is 12.1. The first-order valence-corrected chi connectivity index (χ1v) is 13.0. The molecule has 0 saturated heterocycles. The van der Waals surface area contributed by atoms with Crippen molar-refractivity contribution >= 4 is 11.9 Å². The molecule has 5 nitrogen and oxygen atoms in total. The lowest BCUT2D eigenvalue weighted by Gasteiger charge is -2.06. The number of hydrogen-bond donors (Lipinski definition) is 0. The highest BCUT2D eigenvalue weighted by atomic mass is 16.5. The Hall–Kier alpha value is -1.91. The fourth-order valence-electron chi connectivity index (χ4n) is 3.76. The highest BCUT2D eigenvalue weighted by Gasteiger charge is 2.13. The summed E-state index contributed by atoms with van der Waals surface area (Å²) in [5.74, 6) is -1.02. The predicted molar refractivity (Wildman–Crippen MR) is 130 cm³/mol. The molecule has 1 aromatic rings. The number of hydrogen-bond acceptors (Lipinski definition) is 5. The SMILES string of the molecule is CCCCCCCCCCCCCCCCCCOC(=O)c1cccc(C(=O)OCC)n1. The predicted octanol–water partition coefficient (Wildman–Crippen LogP) is 7.68. The summed E-state index contributed by atoms with van der Waals surface area (Å²) in [5.41, 5.74) is 0.274. The van der Waals surface area contributed by atoms with Crippen LogP contribution >= 0.6 is 0 Å². The molecule has 0 aliphatic carbocycles. The summed E-state index contributed by atoms with van der Waals surface area (Å²) in [6.45, 7) is 4.66. The Morgan fingerprint density at radius 1 is 0.625 bits per heavy atom.